The van der Waals surface area contributed by atoms with Crippen LogP contribution in [0.4, 0.5) is 10.1 Å². The van der Waals surface area contributed by atoms with Crippen molar-refractivity contribution in [3.63, 3.8) is 0 Å². The van der Waals surface area contributed by atoms with Crippen LogP contribution < -0.4 is 14.8 Å². The summed E-state index contributed by atoms with van der Waals surface area (Å²) < 4.78 is 23.9. The lowest BCUT2D eigenvalue weighted by Crippen LogP contribution is -2.02. The topological polar surface area (TPSA) is 50.7 Å². The first-order chi connectivity index (χ1) is 10.0. The number of halogens is 1. The van der Waals surface area contributed by atoms with Crippen LogP contribution in [0, 0.1) is 12.7 Å². The van der Waals surface area contributed by atoms with Gasteiger partial charge in [-0.1, -0.05) is 6.07 Å². The number of phenolic OH excluding ortho intramolecular Hbond substituents is 1. The van der Waals surface area contributed by atoms with Crippen molar-refractivity contribution < 1.29 is 19.0 Å². The molecule has 0 saturated carbocycles. The lowest BCUT2D eigenvalue weighted by Gasteiger charge is -2.13. The molecular formula is C16H18FNO3. The highest BCUT2D eigenvalue weighted by Gasteiger charge is 2.11. The van der Waals surface area contributed by atoms with E-state index in [1.165, 1.54) is 20.3 Å². The number of hydrogen-bond donors (Lipinski definition) is 2. The Kier molecular flexibility index (Phi) is 4.52. The second kappa shape index (κ2) is 6.35. The fourth-order valence-corrected chi connectivity index (χ4v) is 2.01. The fourth-order valence-electron chi connectivity index (χ4n) is 2.01. The predicted molar refractivity (Wildman–Crippen MR) is 79.7 cm³/mol. The van der Waals surface area contributed by atoms with Crippen molar-refractivity contribution in [2.24, 2.45) is 0 Å². The van der Waals surface area contributed by atoms with E-state index in [0.29, 0.717) is 23.7 Å². The summed E-state index contributed by atoms with van der Waals surface area (Å²) in [5.74, 6) is 0.282. The molecule has 5 heteroatoms. The van der Waals surface area contributed by atoms with E-state index in [-0.39, 0.29) is 11.6 Å². The molecule has 2 N–H and O–H groups in total. The highest BCUT2D eigenvalue weighted by Crippen LogP contribution is 2.37. The SMILES string of the molecule is COc1cc(CNc2ccc(C)cc2F)cc(OC)c1O. The summed E-state index contributed by atoms with van der Waals surface area (Å²) in [6.07, 6.45) is 0. The molecule has 0 atom stereocenters. The second-order valence-corrected chi connectivity index (χ2v) is 4.69. The number of aromatic hydroxyl groups is 1. The minimum Gasteiger partial charge on any atom is -0.502 e. The van der Waals surface area contributed by atoms with Crippen molar-refractivity contribution in [3.05, 3.63) is 47.3 Å². The van der Waals surface area contributed by atoms with E-state index in [1.807, 2.05) is 13.0 Å². The largest absolute Gasteiger partial charge is 0.502 e. The number of methoxy groups -OCH3 is 2. The number of rotatable bonds is 5. The number of ether oxygens (including phenoxy) is 2. The Morgan fingerprint density at radius 3 is 2.24 bits per heavy atom. The third kappa shape index (κ3) is 3.37. The van der Waals surface area contributed by atoms with Gasteiger partial charge in [-0.15, -0.1) is 0 Å². The molecule has 0 fully saturated rings. The third-order valence-electron chi connectivity index (χ3n) is 3.15. The molecule has 0 aliphatic carbocycles. The van der Waals surface area contributed by atoms with Gasteiger partial charge in [0.1, 0.15) is 5.82 Å². The molecule has 0 amide bonds. The summed E-state index contributed by atoms with van der Waals surface area (Å²) in [7, 11) is 2.93. The Morgan fingerprint density at radius 2 is 1.71 bits per heavy atom. The fraction of sp³-hybridized carbons (Fsp3) is 0.250. The van der Waals surface area contributed by atoms with E-state index in [2.05, 4.69) is 5.32 Å². The van der Waals surface area contributed by atoms with Gasteiger partial charge in [-0.05, 0) is 42.3 Å². The van der Waals surface area contributed by atoms with Crippen LogP contribution >= 0.6 is 0 Å². The van der Waals surface area contributed by atoms with Crippen molar-refractivity contribution in [3.8, 4) is 17.2 Å². The van der Waals surface area contributed by atoms with Crippen LogP contribution in [0.2, 0.25) is 0 Å². The molecule has 2 rings (SSSR count). The van der Waals surface area contributed by atoms with E-state index < -0.39 is 0 Å². The standard InChI is InChI=1S/C16H18FNO3/c1-10-4-5-13(12(17)6-10)18-9-11-7-14(20-2)16(19)15(8-11)21-3/h4-8,18-19H,9H2,1-3H3. The molecule has 4 nitrogen and oxygen atoms in total. The number of nitrogens with one attached hydrogen (secondary N) is 1. The summed E-state index contributed by atoms with van der Waals surface area (Å²) in [6, 6.07) is 8.36. The van der Waals surface area contributed by atoms with Crippen LogP contribution in [-0.4, -0.2) is 19.3 Å². The Bertz CT molecular complexity index is 618. The van der Waals surface area contributed by atoms with E-state index in [9.17, 15) is 9.50 Å². The predicted octanol–water partition coefficient (Wildman–Crippen LogP) is 3.47. The minimum atomic E-state index is -0.298. The number of phenols is 1. The van der Waals surface area contributed by atoms with Gasteiger partial charge in [0.2, 0.25) is 5.75 Å². The molecule has 0 radical (unpaired) electrons. The molecule has 112 valence electrons. The first-order valence-electron chi connectivity index (χ1n) is 6.49. The lowest BCUT2D eigenvalue weighted by atomic mass is 10.1. The summed E-state index contributed by atoms with van der Waals surface area (Å²) in [5, 5.41) is 12.9. The molecule has 0 spiro atoms. The highest BCUT2D eigenvalue weighted by molar-refractivity contribution is 5.54. The maximum atomic E-state index is 13.8. The average molecular weight is 291 g/mol. The number of anilines is 1. The van der Waals surface area contributed by atoms with Gasteiger partial charge in [-0.3, -0.25) is 0 Å². The van der Waals surface area contributed by atoms with Crippen molar-refractivity contribution in [1.82, 2.24) is 0 Å². The highest BCUT2D eigenvalue weighted by atomic mass is 19.1. The van der Waals surface area contributed by atoms with Gasteiger partial charge in [0.15, 0.2) is 11.5 Å². The Balaban J connectivity index is 2.19. The summed E-state index contributed by atoms with van der Waals surface area (Å²) in [6.45, 7) is 2.22. The Hall–Kier alpha value is -2.43. The van der Waals surface area contributed by atoms with Gasteiger partial charge >= 0.3 is 0 Å². The van der Waals surface area contributed by atoms with E-state index in [1.54, 1.807) is 18.2 Å². The quantitative estimate of drug-likeness (QED) is 0.885. The lowest BCUT2D eigenvalue weighted by molar-refractivity contribution is 0.339. The second-order valence-electron chi connectivity index (χ2n) is 4.69. The molecule has 0 aromatic heterocycles. The Morgan fingerprint density at radius 1 is 1.10 bits per heavy atom. The van der Waals surface area contributed by atoms with Crippen LogP contribution in [0.1, 0.15) is 11.1 Å². The van der Waals surface area contributed by atoms with Gasteiger partial charge in [-0.25, -0.2) is 4.39 Å². The third-order valence-corrected chi connectivity index (χ3v) is 3.15. The van der Waals surface area contributed by atoms with Gasteiger partial charge in [0, 0.05) is 6.54 Å². The molecule has 0 unspecified atom stereocenters. The van der Waals surface area contributed by atoms with Crippen LogP contribution in [0.25, 0.3) is 0 Å². The molecular weight excluding hydrogens is 273 g/mol. The normalized spacial score (nSPS) is 10.3. The molecule has 2 aromatic rings. The summed E-state index contributed by atoms with van der Waals surface area (Å²) >= 11 is 0. The number of hydrogen-bond acceptors (Lipinski definition) is 4. The van der Waals surface area contributed by atoms with E-state index in [0.717, 1.165) is 11.1 Å². The van der Waals surface area contributed by atoms with Crippen molar-refractivity contribution in [1.29, 1.82) is 0 Å². The molecule has 0 aliphatic rings. The van der Waals surface area contributed by atoms with Crippen molar-refractivity contribution in [2.75, 3.05) is 19.5 Å². The summed E-state index contributed by atoms with van der Waals surface area (Å²) in [4.78, 5) is 0. The van der Waals surface area contributed by atoms with Gasteiger partial charge in [-0.2, -0.15) is 0 Å². The van der Waals surface area contributed by atoms with Gasteiger partial charge in [0.25, 0.3) is 0 Å². The molecule has 0 bridgehead atoms. The molecule has 0 aliphatic heterocycles. The van der Waals surface area contributed by atoms with Crippen LogP contribution in [0.15, 0.2) is 30.3 Å². The molecule has 21 heavy (non-hydrogen) atoms. The minimum absolute atomic E-state index is 0.0507. The summed E-state index contributed by atoms with van der Waals surface area (Å²) in [5.41, 5.74) is 2.10. The number of benzene rings is 2. The first-order valence-corrected chi connectivity index (χ1v) is 6.49. The average Bonchev–Trinajstić information content (AvgIpc) is 2.47. The zero-order chi connectivity index (χ0) is 15.4. The molecule has 0 saturated heterocycles. The Labute approximate surface area is 123 Å². The number of aryl methyl sites for hydroxylation is 1. The van der Waals surface area contributed by atoms with E-state index >= 15 is 0 Å². The maximum Gasteiger partial charge on any atom is 0.200 e. The van der Waals surface area contributed by atoms with Crippen LogP contribution in [0.3, 0.4) is 0 Å². The van der Waals surface area contributed by atoms with Crippen LogP contribution in [-0.2, 0) is 6.54 Å². The van der Waals surface area contributed by atoms with Crippen molar-refractivity contribution in [2.45, 2.75) is 13.5 Å². The van der Waals surface area contributed by atoms with Crippen LogP contribution in [0.5, 0.6) is 17.2 Å². The molecule has 2 aromatic carbocycles. The zero-order valence-corrected chi connectivity index (χ0v) is 12.2. The molecule has 0 heterocycles. The van der Waals surface area contributed by atoms with Gasteiger partial charge < -0.3 is 19.9 Å². The first kappa shape index (κ1) is 15.0. The van der Waals surface area contributed by atoms with Gasteiger partial charge in [0.05, 0.1) is 19.9 Å². The zero-order valence-electron chi connectivity index (χ0n) is 12.2. The monoisotopic (exact) mass is 291 g/mol. The maximum absolute atomic E-state index is 13.8. The van der Waals surface area contributed by atoms with Crippen molar-refractivity contribution >= 4 is 5.69 Å². The van der Waals surface area contributed by atoms with E-state index in [4.69, 9.17) is 9.47 Å². The smallest absolute Gasteiger partial charge is 0.200 e.